The molecule has 1 aliphatic rings. The molecule has 3 amide bonds. The first-order chi connectivity index (χ1) is 18.9. The van der Waals surface area contributed by atoms with E-state index in [2.05, 4.69) is 30.6 Å². The zero-order valence-electron chi connectivity index (χ0n) is 20.2. The Bertz CT molecular complexity index is 1710. The van der Waals surface area contributed by atoms with Crippen molar-refractivity contribution in [2.75, 3.05) is 11.9 Å². The van der Waals surface area contributed by atoms with E-state index >= 15 is 0 Å². The second kappa shape index (κ2) is 9.79. The van der Waals surface area contributed by atoms with E-state index in [0.29, 0.717) is 21.6 Å². The number of hydrogen-bond donors (Lipinski definition) is 2. The number of nitrogens with one attached hydrogen (secondary N) is 1. The van der Waals surface area contributed by atoms with Gasteiger partial charge in [0, 0.05) is 23.6 Å². The number of carbonyl (C=O) groups is 3. The number of rotatable bonds is 6. The van der Waals surface area contributed by atoms with E-state index in [0.717, 1.165) is 15.8 Å². The van der Waals surface area contributed by atoms with Crippen LogP contribution in [-0.4, -0.2) is 71.3 Å². The van der Waals surface area contributed by atoms with Crippen LogP contribution in [-0.2, 0) is 16.1 Å². The van der Waals surface area contributed by atoms with Gasteiger partial charge in [0.1, 0.15) is 24.3 Å². The van der Waals surface area contributed by atoms with Crippen molar-refractivity contribution in [3.63, 3.8) is 0 Å². The van der Waals surface area contributed by atoms with Gasteiger partial charge in [-0.1, -0.05) is 17.4 Å². The Hall–Kier alpha value is -4.85. The van der Waals surface area contributed by atoms with Gasteiger partial charge in [0.25, 0.3) is 5.91 Å². The van der Waals surface area contributed by atoms with Gasteiger partial charge in [-0.15, -0.1) is 0 Å². The maximum absolute atomic E-state index is 14.5. The van der Waals surface area contributed by atoms with E-state index in [9.17, 15) is 18.8 Å². The van der Waals surface area contributed by atoms with Gasteiger partial charge < -0.3 is 16.0 Å². The summed E-state index contributed by atoms with van der Waals surface area (Å²) in [6.45, 7) is -0.551. The highest BCUT2D eigenvalue weighted by Gasteiger charge is 2.40. The third-order valence-electron chi connectivity index (χ3n) is 6.48. The fraction of sp³-hybridized carbons (Fsp3) is 0.200. The fourth-order valence-corrected chi connectivity index (χ4v) is 5.51. The molecule has 12 nitrogen and oxygen atoms in total. The zero-order valence-corrected chi connectivity index (χ0v) is 21.0. The molecule has 14 heteroatoms. The first-order valence-corrected chi connectivity index (χ1v) is 12.7. The van der Waals surface area contributed by atoms with E-state index in [-0.39, 0.29) is 25.2 Å². The SMILES string of the molecule is NC(=O)c1nn(CC(=O)N2CC(F)CC2C(=O)Nc2nc3cnccc3s2)c2ccc(-c3ccnnc3)cc12. The van der Waals surface area contributed by atoms with Crippen molar-refractivity contribution in [2.24, 2.45) is 5.73 Å². The molecule has 1 saturated heterocycles. The summed E-state index contributed by atoms with van der Waals surface area (Å²) >= 11 is 1.26. The molecule has 1 aliphatic heterocycles. The highest BCUT2D eigenvalue weighted by Crippen LogP contribution is 2.29. The number of halogens is 1. The largest absolute Gasteiger partial charge is 0.364 e. The third kappa shape index (κ3) is 4.65. The van der Waals surface area contributed by atoms with Crippen molar-refractivity contribution in [3.8, 4) is 11.1 Å². The van der Waals surface area contributed by atoms with Gasteiger partial charge >= 0.3 is 0 Å². The maximum Gasteiger partial charge on any atom is 0.269 e. The molecular weight excluding hydrogens is 525 g/mol. The molecule has 5 heterocycles. The van der Waals surface area contributed by atoms with Crippen LogP contribution in [0.1, 0.15) is 16.9 Å². The average Bonchev–Trinajstić information content (AvgIpc) is 3.63. The van der Waals surface area contributed by atoms with Gasteiger partial charge in [-0.05, 0) is 29.8 Å². The summed E-state index contributed by atoms with van der Waals surface area (Å²) in [5.74, 6) is -1.81. The van der Waals surface area contributed by atoms with Crippen LogP contribution in [0.2, 0.25) is 0 Å². The molecular formula is C25H20FN9O3S. The average molecular weight is 546 g/mol. The van der Waals surface area contributed by atoms with E-state index in [1.165, 1.54) is 20.9 Å². The minimum atomic E-state index is -1.36. The Kier molecular flexibility index (Phi) is 6.15. The summed E-state index contributed by atoms with van der Waals surface area (Å²) in [5, 5.41) is 15.4. The summed E-state index contributed by atoms with van der Waals surface area (Å²) < 4.78 is 16.6. The van der Waals surface area contributed by atoms with Crippen molar-refractivity contribution >= 4 is 55.3 Å². The van der Waals surface area contributed by atoms with E-state index < -0.39 is 29.9 Å². The number of aromatic nitrogens is 6. The van der Waals surface area contributed by atoms with E-state index in [4.69, 9.17) is 5.73 Å². The lowest BCUT2D eigenvalue weighted by Crippen LogP contribution is -2.44. The number of amides is 3. The van der Waals surface area contributed by atoms with Crippen LogP contribution in [0.4, 0.5) is 9.52 Å². The molecule has 5 aromatic rings. The summed E-state index contributed by atoms with van der Waals surface area (Å²) in [6.07, 6.45) is 4.82. The maximum atomic E-state index is 14.5. The predicted octanol–water partition coefficient (Wildman–Crippen LogP) is 2.17. The molecule has 0 saturated carbocycles. The van der Waals surface area contributed by atoms with Crippen LogP contribution >= 0.6 is 11.3 Å². The monoisotopic (exact) mass is 545 g/mol. The molecule has 196 valence electrons. The van der Waals surface area contributed by atoms with Crippen molar-refractivity contribution in [2.45, 2.75) is 25.2 Å². The van der Waals surface area contributed by atoms with Gasteiger partial charge in [0.2, 0.25) is 11.8 Å². The molecule has 0 bridgehead atoms. The van der Waals surface area contributed by atoms with Crippen LogP contribution in [0.15, 0.2) is 55.1 Å². The van der Waals surface area contributed by atoms with Gasteiger partial charge in [-0.2, -0.15) is 15.3 Å². The number of nitrogens with zero attached hydrogens (tertiary/aromatic N) is 7. The molecule has 0 spiro atoms. The Morgan fingerprint density at radius 2 is 1.97 bits per heavy atom. The summed E-state index contributed by atoms with van der Waals surface area (Å²) in [7, 11) is 0. The summed E-state index contributed by atoms with van der Waals surface area (Å²) in [4.78, 5) is 48.1. The van der Waals surface area contributed by atoms with Gasteiger partial charge in [-0.25, -0.2) is 9.37 Å². The molecule has 2 unspecified atom stereocenters. The molecule has 0 aliphatic carbocycles. The molecule has 2 atom stereocenters. The van der Waals surface area contributed by atoms with Crippen LogP contribution in [0.25, 0.3) is 32.2 Å². The topological polar surface area (TPSA) is 162 Å². The molecule has 39 heavy (non-hydrogen) atoms. The normalized spacial score (nSPS) is 17.1. The second-order valence-corrected chi connectivity index (χ2v) is 10.0. The van der Waals surface area contributed by atoms with Crippen molar-refractivity contribution in [1.82, 2.24) is 34.8 Å². The number of pyridine rings is 1. The van der Waals surface area contributed by atoms with Gasteiger partial charge in [0.05, 0.1) is 35.4 Å². The molecule has 4 aromatic heterocycles. The third-order valence-corrected chi connectivity index (χ3v) is 7.43. The number of nitrogens with two attached hydrogens (primary N) is 1. The molecule has 6 rings (SSSR count). The standard InChI is InChI=1S/C25H20FN9O3S/c26-15-8-19(24(38)32-25-31-17-10-28-5-4-20(17)39-25)34(11-15)21(36)12-35-18-2-1-13(14-3-6-29-30-9-14)7-16(18)22(33-35)23(27)37/h1-7,9-10,15,19H,8,11-12H2,(H2,27,37)(H,31,32,38). The minimum Gasteiger partial charge on any atom is -0.364 e. The van der Waals surface area contributed by atoms with Crippen molar-refractivity contribution in [3.05, 3.63) is 60.8 Å². The minimum absolute atomic E-state index is 0.00826. The number of benzene rings is 1. The Morgan fingerprint density at radius 3 is 2.74 bits per heavy atom. The Labute approximate surface area is 223 Å². The highest BCUT2D eigenvalue weighted by molar-refractivity contribution is 7.22. The summed E-state index contributed by atoms with van der Waals surface area (Å²) in [6, 6.07) is 7.76. The number of alkyl halides is 1. The highest BCUT2D eigenvalue weighted by atomic mass is 32.1. The van der Waals surface area contributed by atoms with E-state index in [1.54, 1.807) is 55.1 Å². The molecule has 1 aromatic carbocycles. The van der Waals surface area contributed by atoms with Crippen LogP contribution in [0.3, 0.4) is 0 Å². The fourth-order valence-electron chi connectivity index (χ4n) is 4.67. The smallest absolute Gasteiger partial charge is 0.269 e. The number of fused-ring (bicyclic) bond motifs is 2. The number of carbonyl (C=O) groups excluding carboxylic acids is 3. The van der Waals surface area contributed by atoms with Crippen molar-refractivity contribution in [1.29, 1.82) is 0 Å². The lowest BCUT2D eigenvalue weighted by molar-refractivity contribution is -0.137. The zero-order chi connectivity index (χ0) is 27.1. The molecule has 1 fully saturated rings. The number of anilines is 1. The van der Waals surface area contributed by atoms with Gasteiger partial charge in [-0.3, -0.25) is 24.0 Å². The van der Waals surface area contributed by atoms with E-state index in [1.807, 2.05) is 0 Å². The van der Waals surface area contributed by atoms with Crippen LogP contribution in [0.5, 0.6) is 0 Å². The lowest BCUT2D eigenvalue weighted by Gasteiger charge is -2.23. The summed E-state index contributed by atoms with van der Waals surface area (Å²) in [5.41, 5.74) is 8.21. The number of thiazole rings is 1. The van der Waals surface area contributed by atoms with Gasteiger partial charge in [0.15, 0.2) is 10.8 Å². The molecule has 3 N–H and O–H groups in total. The first kappa shape index (κ1) is 24.5. The Balaban J connectivity index is 1.25. The van der Waals surface area contributed by atoms with Crippen LogP contribution < -0.4 is 11.1 Å². The van der Waals surface area contributed by atoms with Crippen molar-refractivity contribution < 1.29 is 18.8 Å². The van der Waals surface area contributed by atoms with Crippen LogP contribution in [0, 0.1) is 0 Å². The predicted molar refractivity (Wildman–Crippen MR) is 140 cm³/mol. The quantitative estimate of drug-likeness (QED) is 0.328. The second-order valence-electron chi connectivity index (χ2n) is 8.98. The molecule has 0 radical (unpaired) electrons. The number of likely N-dealkylation sites (tertiary alicyclic amines) is 1. The Morgan fingerprint density at radius 1 is 1.10 bits per heavy atom. The number of hydrogen-bond acceptors (Lipinski definition) is 9. The lowest BCUT2D eigenvalue weighted by atomic mass is 10.0. The number of primary amides is 1. The first-order valence-electron chi connectivity index (χ1n) is 11.9.